The molecule has 5 aromatic rings. The van der Waals surface area contributed by atoms with Crippen molar-refractivity contribution in [3.63, 3.8) is 0 Å². The van der Waals surface area contributed by atoms with Crippen molar-refractivity contribution in [1.82, 2.24) is 39.9 Å². The summed E-state index contributed by atoms with van der Waals surface area (Å²) in [6, 6.07) is 15.8. The predicted molar refractivity (Wildman–Crippen MR) is 141 cm³/mol. The van der Waals surface area contributed by atoms with Gasteiger partial charge in [-0.25, -0.2) is 19.9 Å². The maximum atomic E-state index is 4.82. The lowest BCUT2D eigenvalue weighted by Gasteiger charge is -2.03. The van der Waals surface area contributed by atoms with Gasteiger partial charge >= 0.3 is 0 Å². The minimum absolute atomic E-state index is 0.612. The molecule has 7 heterocycles. The minimum atomic E-state index is 0.612. The molecule has 0 saturated heterocycles. The summed E-state index contributed by atoms with van der Waals surface area (Å²) < 4.78 is 0. The number of rotatable bonds is 2. The van der Waals surface area contributed by atoms with Gasteiger partial charge < -0.3 is 9.97 Å². The summed E-state index contributed by atoms with van der Waals surface area (Å²) in [6.45, 7) is 0. The first-order valence-electron chi connectivity index (χ1n) is 11.5. The van der Waals surface area contributed by atoms with Crippen molar-refractivity contribution in [2.75, 3.05) is 0 Å². The highest BCUT2D eigenvalue weighted by atomic mass is 15.0. The van der Waals surface area contributed by atoms with Crippen LogP contribution in [0.1, 0.15) is 23.0 Å². The summed E-state index contributed by atoms with van der Waals surface area (Å²) in [7, 11) is 0. The van der Waals surface area contributed by atoms with Crippen LogP contribution in [0.2, 0.25) is 0 Å². The van der Waals surface area contributed by atoms with Crippen molar-refractivity contribution in [3.05, 3.63) is 96.4 Å². The van der Waals surface area contributed by atoms with Crippen LogP contribution in [0.5, 0.6) is 0 Å². The molecule has 2 aliphatic heterocycles. The first-order chi connectivity index (χ1) is 17.8. The predicted octanol–water partition coefficient (Wildman–Crippen LogP) is 5.57. The number of aromatic nitrogens is 8. The Hall–Kier alpha value is -5.24. The molecule has 0 amide bonds. The molecule has 8 nitrogen and oxygen atoms in total. The maximum Gasteiger partial charge on any atom is 0.155 e. The Morgan fingerprint density at radius 1 is 0.444 bits per heavy atom. The molecule has 0 aromatic carbocycles. The van der Waals surface area contributed by atoms with E-state index in [2.05, 4.69) is 19.9 Å². The molecular formula is C28H18N8. The summed E-state index contributed by atoms with van der Waals surface area (Å²) in [5, 5.41) is 0. The minimum Gasteiger partial charge on any atom is -0.340 e. The van der Waals surface area contributed by atoms with E-state index in [4.69, 9.17) is 19.9 Å². The van der Waals surface area contributed by atoms with Gasteiger partial charge in [0.2, 0.25) is 0 Å². The molecule has 2 N–H and O–H groups in total. The molecule has 0 saturated carbocycles. The van der Waals surface area contributed by atoms with Crippen LogP contribution in [0.25, 0.3) is 68.9 Å². The van der Waals surface area contributed by atoms with Crippen molar-refractivity contribution < 1.29 is 0 Å². The third-order valence-electron chi connectivity index (χ3n) is 6.05. The molecule has 36 heavy (non-hydrogen) atoms. The van der Waals surface area contributed by atoms with E-state index in [1.165, 1.54) is 0 Å². The van der Waals surface area contributed by atoms with Crippen LogP contribution in [0.3, 0.4) is 0 Å². The van der Waals surface area contributed by atoms with Crippen LogP contribution >= 0.6 is 0 Å². The summed E-state index contributed by atoms with van der Waals surface area (Å²) in [6.07, 6.45) is 14.8. The molecule has 0 unspecified atom stereocenters. The first kappa shape index (κ1) is 20.2. The zero-order chi connectivity index (χ0) is 23.9. The highest BCUT2D eigenvalue weighted by molar-refractivity contribution is 5.93. The third-order valence-corrected chi connectivity index (χ3v) is 6.05. The Morgan fingerprint density at radius 3 is 1.42 bits per heavy atom. The Balaban J connectivity index is 1.58. The van der Waals surface area contributed by atoms with E-state index in [1.54, 1.807) is 24.8 Å². The smallest absolute Gasteiger partial charge is 0.155 e. The SMILES string of the molecule is C1=Cc2nc1nc1ccc([nH]1)c(-c1ccncc1)c1ccc(nc3nc(c2-c2ccncc2)C=C3)[nH]1. The van der Waals surface area contributed by atoms with Crippen molar-refractivity contribution in [3.8, 4) is 22.3 Å². The van der Waals surface area contributed by atoms with E-state index in [9.17, 15) is 0 Å². The van der Waals surface area contributed by atoms with Gasteiger partial charge in [-0.2, -0.15) is 0 Å². The fourth-order valence-corrected chi connectivity index (χ4v) is 4.46. The number of hydrogen-bond acceptors (Lipinski definition) is 6. The number of hydrogen-bond donors (Lipinski definition) is 2. The van der Waals surface area contributed by atoms with E-state index in [-0.39, 0.29) is 0 Å². The standard InChI is InChI=1S/C28H18N8/c1-5-23-31-19(1)27(17-9-13-29-14-10-17)20-2-6-25(32-20)36-26-8-4-22(34-26)28(18-11-15-30-16-12-18)21-3-7-24(33-21)35-23/h1-16H,(H,31,33,35)(H,32,34,36). The number of nitrogens with one attached hydrogen (secondary N) is 2. The van der Waals surface area contributed by atoms with E-state index in [1.807, 2.05) is 72.8 Å². The second-order valence-electron chi connectivity index (χ2n) is 8.34. The van der Waals surface area contributed by atoms with Crippen molar-refractivity contribution >= 4 is 46.6 Å². The number of H-pyrrole nitrogens is 2. The molecule has 0 aliphatic carbocycles. The molecule has 5 aromatic heterocycles. The normalized spacial score (nSPS) is 12.2. The van der Waals surface area contributed by atoms with Gasteiger partial charge in [-0.05, 0) is 84.0 Å². The second kappa shape index (κ2) is 8.21. The summed E-state index contributed by atoms with van der Waals surface area (Å²) >= 11 is 0. The van der Waals surface area contributed by atoms with Gasteiger partial charge in [0.15, 0.2) is 11.6 Å². The Kier molecular flexibility index (Phi) is 4.60. The van der Waals surface area contributed by atoms with Gasteiger partial charge in [0.1, 0.15) is 11.3 Å². The summed E-state index contributed by atoms with van der Waals surface area (Å²) in [4.78, 5) is 34.4. The van der Waals surface area contributed by atoms with E-state index >= 15 is 0 Å². The highest BCUT2D eigenvalue weighted by Gasteiger charge is 2.15. The molecule has 2 aliphatic rings. The highest BCUT2D eigenvalue weighted by Crippen LogP contribution is 2.31. The van der Waals surface area contributed by atoms with Gasteiger partial charge in [0.05, 0.1) is 11.4 Å². The molecule has 7 rings (SSSR count). The molecule has 0 atom stereocenters. The number of fused-ring (bicyclic) bond motifs is 8. The summed E-state index contributed by atoms with van der Waals surface area (Å²) in [5.74, 6) is 1.22. The zero-order valence-electron chi connectivity index (χ0n) is 18.9. The van der Waals surface area contributed by atoms with Crippen LogP contribution in [-0.4, -0.2) is 39.9 Å². The molecule has 0 radical (unpaired) electrons. The van der Waals surface area contributed by atoms with Crippen LogP contribution in [0.4, 0.5) is 0 Å². The molecule has 8 bridgehead atoms. The Morgan fingerprint density at radius 2 is 0.917 bits per heavy atom. The van der Waals surface area contributed by atoms with Crippen LogP contribution in [0, 0.1) is 0 Å². The fraction of sp³-hybridized carbons (Fsp3) is 0. The average Bonchev–Trinajstić information content (AvgIpc) is 3.72. The Bertz CT molecular complexity index is 1740. The number of nitrogens with zero attached hydrogens (tertiary/aromatic N) is 6. The molecule has 8 heteroatoms. The van der Waals surface area contributed by atoms with Crippen molar-refractivity contribution in [2.45, 2.75) is 0 Å². The van der Waals surface area contributed by atoms with Gasteiger partial charge in [-0.1, -0.05) is 0 Å². The topological polar surface area (TPSA) is 109 Å². The van der Waals surface area contributed by atoms with E-state index < -0.39 is 0 Å². The lowest BCUT2D eigenvalue weighted by atomic mass is 10.0. The van der Waals surface area contributed by atoms with Crippen LogP contribution < -0.4 is 0 Å². The molecule has 0 spiro atoms. The van der Waals surface area contributed by atoms with E-state index in [0.29, 0.717) is 22.9 Å². The van der Waals surface area contributed by atoms with Gasteiger partial charge in [-0.3, -0.25) is 9.97 Å². The number of aromatic amines is 2. The molecular weight excluding hydrogens is 448 g/mol. The monoisotopic (exact) mass is 466 g/mol. The first-order valence-corrected chi connectivity index (χ1v) is 11.5. The van der Waals surface area contributed by atoms with Crippen molar-refractivity contribution in [2.24, 2.45) is 0 Å². The van der Waals surface area contributed by atoms with Crippen LogP contribution in [0.15, 0.2) is 73.3 Å². The van der Waals surface area contributed by atoms with Gasteiger partial charge in [0.25, 0.3) is 0 Å². The number of pyridine rings is 2. The molecule has 170 valence electrons. The van der Waals surface area contributed by atoms with Gasteiger partial charge in [0, 0.05) is 46.9 Å². The molecule has 0 fully saturated rings. The third kappa shape index (κ3) is 3.57. The second-order valence-corrected chi connectivity index (χ2v) is 8.34. The summed E-state index contributed by atoms with van der Waals surface area (Å²) in [5.41, 5.74) is 8.73. The lowest BCUT2D eigenvalue weighted by molar-refractivity contribution is 1.17. The van der Waals surface area contributed by atoms with E-state index in [0.717, 1.165) is 44.7 Å². The fourth-order valence-electron chi connectivity index (χ4n) is 4.46. The zero-order valence-corrected chi connectivity index (χ0v) is 18.9. The quantitative estimate of drug-likeness (QED) is 0.345. The van der Waals surface area contributed by atoms with Crippen LogP contribution in [-0.2, 0) is 0 Å². The Labute approximate surface area is 205 Å². The largest absolute Gasteiger partial charge is 0.340 e. The van der Waals surface area contributed by atoms with Gasteiger partial charge in [-0.15, -0.1) is 0 Å². The lowest BCUT2D eigenvalue weighted by Crippen LogP contribution is -1.90. The van der Waals surface area contributed by atoms with Crippen molar-refractivity contribution in [1.29, 1.82) is 0 Å². The average molecular weight is 467 g/mol. The maximum absolute atomic E-state index is 4.82.